The number of nitrogens with zero attached hydrogens (tertiary/aromatic N) is 1. The van der Waals surface area contributed by atoms with Gasteiger partial charge in [-0.1, -0.05) is 12.1 Å². The van der Waals surface area contributed by atoms with Crippen LogP contribution in [0.1, 0.15) is 5.56 Å². The first-order valence-corrected chi connectivity index (χ1v) is 6.63. The van der Waals surface area contributed by atoms with Crippen molar-refractivity contribution in [2.75, 3.05) is 11.2 Å². The number of fused-ring (bicyclic) bond motifs is 1. The molecular formula is C16H16N4O. The van der Waals surface area contributed by atoms with Gasteiger partial charge in [0.05, 0.1) is 0 Å². The summed E-state index contributed by atoms with van der Waals surface area (Å²) in [4.78, 5) is 4.14. The van der Waals surface area contributed by atoms with Gasteiger partial charge in [-0.3, -0.25) is 0 Å². The molecule has 0 aliphatic carbocycles. The zero-order chi connectivity index (χ0) is 14.7. The van der Waals surface area contributed by atoms with Gasteiger partial charge in [0.15, 0.2) is 0 Å². The number of phenols is 1. The van der Waals surface area contributed by atoms with E-state index in [0.717, 1.165) is 22.2 Å². The molecule has 5 nitrogen and oxygen atoms in total. The van der Waals surface area contributed by atoms with Gasteiger partial charge >= 0.3 is 0 Å². The Morgan fingerprint density at radius 1 is 1.05 bits per heavy atom. The summed E-state index contributed by atoms with van der Waals surface area (Å²) in [7, 11) is 0. The molecule has 5 heteroatoms. The van der Waals surface area contributed by atoms with Gasteiger partial charge in [0, 0.05) is 24.0 Å². The van der Waals surface area contributed by atoms with Crippen molar-refractivity contribution in [2.24, 2.45) is 0 Å². The van der Waals surface area contributed by atoms with Crippen molar-refractivity contribution in [2.45, 2.75) is 6.54 Å². The highest BCUT2D eigenvalue weighted by atomic mass is 16.3. The maximum absolute atomic E-state index is 10.1. The van der Waals surface area contributed by atoms with E-state index in [2.05, 4.69) is 15.8 Å². The predicted molar refractivity (Wildman–Crippen MR) is 84.7 cm³/mol. The van der Waals surface area contributed by atoms with Gasteiger partial charge < -0.3 is 16.3 Å². The van der Waals surface area contributed by atoms with E-state index in [-0.39, 0.29) is 5.75 Å². The van der Waals surface area contributed by atoms with E-state index < -0.39 is 0 Å². The number of hydrogen-bond donors (Lipinski definition) is 4. The highest BCUT2D eigenvalue weighted by Gasteiger charge is 2.04. The molecule has 1 heterocycles. The van der Waals surface area contributed by atoms with E-state index in [1.54, 1.807) is 12.3 Å². The summed E-state index contributed by atoms with van der Waals surface area (Å²) in [5.74, 6) is 0.967. The van der Waals surface area contributed by atoms with Crippen LogP contribution in [0.5, 0.6) is 5.75 Å². The van der Waals surface area contributed by atoms with Crippen LogP contribution in [0, 0.1) is 0 Å². The SMILES string of the molecule is Nc1ccc2cc(CNNc3ccccn3)c(O)cc2c1. The molecule has 3 rings (SSSR count). The molecule has 1 aromatic heterocycles. The number of hydrogen-bond acceptors (Lipinski definition) is 5. The van der Waals surface area contributed by atoms with Gasteiger partial charge in [-0.15, -0.1) is 0 Å². The lowest BCUT2D eigenvalue weighted by Gasteiger charge is -2.10. The van der Waals surface area contributed by atoms with Crippen LogP contribution >= 0.6 is 0 Å². The van der Waals surface area contributed by atoms with E-state index in [9.17, 15) is 5.11 Å². The Hall–Kier alpha value is -2.79. The highest BCUT2D eigenvalue weighted by Crippen LogP contribution is 2.26. The van der Waals surface area contributed by atoms with Crippen molar-refractivity contribution < 1.29 is 5.11 Å². The van der Waals surface area contributed by atoms with Gasteiger partial charge in [0.1, 0.15) is 11.6 Å². The smallest absolute Gasteiger partial charge is 0.140 e. The van der Waals surface area contributed by atoms with Crippen LogP contribution in [-0.4, -0.2) is 10.1 Å². The first kappa shape index (κ1) is 13.2. The Balaban J connectivity index is 1.74. The summed E-state index contributed by atoms with van der Waals surface area (Å²) < 4.78 is 0. The molecule has 2 aromatic carbocycles. The molecule has 0 aliphatic heterocycles. The fraction of sp³-hybridized carbons (Fsp3) is 0.0625. The van der Waals surface area contributed by atoms with Crippen molar-refractivity contribution in [1.29, 1.82) is 0 Å². The second-order valence-electron chi connectivity index (χ2n) is 4.78. The van der Waals surface area contributed by atoms with Gasteiger partial charge in [0.25, 0.3) is 0 Å². The van der Waals surface area contributed by atoms with Gasteiger partial charge in [0.2, 0.25) is 0 Å². The standard InChI is InChI=1S/C16H16N4O/c17-14-5-4-11-7-13(15(21)9-12(11)8-14)10-19-20-16-3-1-2-6-18-16/h1-9,19,21H,10,17H2,(H,18,20). The number of nitrogen functional groups attached to an aromatic ring is 1. The van der Waals surface area contributed by atoms with Crippen LogP contribution in [0.2, 0.25) is 0 Å². The molecule has 106 valence electrons. The maximum Gasteiger partial charge on any atom is 0.140 e. The van der Waals surface area contributed by atoms with Crippen LogP contribution < -0.4 is 16.6 Å². The Kier molecular flexibility index (Phi) is 3.57. The molecule has 0 unspecified atom stereocenters. The predicted octanol–water partition coefficient (Wildman–Crippen LogP) is 2.64. The van der Waals surface area contributed by atoms with E-state index in [1.807, 2.05) is 42.5 Å². The number of aromatic nitrogens is 1. The number of aromatic hydroxyl groups is 1. The van der Waals surface area contributed by atoms with Crippen molar-refractivity contribution in [3.63, 3.8) is 0 Å². The van der Waals surface area contributed by atoms with Crippen molar-refractivity contribution in [1.82, 2.24) is 10.4 Å². The summed E-state index contributed by atoms with van der Waals surface area (Å²) in [6.45, 7) is 0.475. The number of nitrogens with two attached hydrogens (primary N) is 1. The quantitative estimate of drug-likeness (QED) is 0.436. The number of anilines is 2. The zero-order valence-corrected chi connectivity index (χ0v) is 11.4. The Labute approximate surface area is 122 Å². The molecule has 0 saturated carbocycles. The number of nitrogens with one attached hydrogen (secondary N) is 2. The molecule has 21 heavy (non-hydrogen) atoms. The molecule has 5 N–H and O–H groups in total. The second kappa shape index (κ2) is 5.68. The summed E-state index contributed by atoms with van der Waals surface area (Å²) in [6.07, 6.45) is 1.71. The molecular weight excluding hydrogens is 264 g/mol. The molecule has 0 aliphatic rings. The Morgan fingerprint density at radius 2 is 1.95 bits per heavy atom. The molecule has 0 bridgehead atoms. The lowest BCUT2D eigenvalue weighted by molar-refractivity contribution is 0.467. The largest absolute Gasteiger partial charge is 0.508 e. The Bertz CT molecular complexity index is 759. The van der Waals surface area contributed by atoms with E-state index in [1.165, 1.54) is 0 Å². The van der Waals surface area contributed by atoms with Gasteiger partial charge in [-0.25, -0.2) is 10.4 Å². The van der Waals surface area contributed by atoms with Crippen molar-refractivity contribution in [3.8, 4) is 5.75 Å². The summed E-state index contributed by atoms with van der Waals surface area (Å²) >= 11 is 0. The minimum atomic E-state index is 0.239. The van der Waals surface area contributed by atoms with Crippen LogP contribution in [-0.2, 0) is 6.54 Å². The molecule has 0 fully saturated rings. The minimum Gasteiger partial charge on any atom is -0.508 e. The normalized spacial score (nSPS) is 10.7. The lowest BCUT2D eigenvalue weighted by atomic mass is 10.1. The lowest BCUT2D eigenvalue weighted by Crippen LogP contribution is -2.21. The first-order chi connectivity index (χ1) is 10.2. The highest BCUT2D eigenvalue weighted by molar-refractivity contribution is 5.87. The molecule has 0 atom stereocenters. The molecule has 0 radical (unpaired) electrons. The monoisotopic (exact) mass is 280 g/mol. The van der Waals surface area contributed by atoms with Gasteiger partial charge in [-0.2, -0.15) is 0 Å². The number of hydrazine groups is 1. The molecule has 0 spiro atoms. The summed E-state index contributed by atoms with van der Waals surface area (Å²) in [5.41, 5.74) is 13.3. The van der Waals surface area contributed by atoms with Crippen molar-refractivity contribution >= 4 is 22.3 Å². The number of rotatable bonds is 4. The van der Waals surface area contributed by atoms with Crippen LogP contribution in [0.3, 0.4) is 0 Å². The topological polar surface area (TPSA) is 83.2 Å². The molecule has 0 saturated heterocycles. The van der Waals surface area contributed by atoms with E-state index >= 15 is 0 Å². The zero-order valence-electron chi connectivity index (χ0n) is 11.4. The van der Waals surface area contributed by atoms with Crippen molar-refractivity contribution in [3.05, 3.63) is 60.3 Å². The Morgan fingerprint density at radius 3 is 2.76 bits per heavy atom. The summed E-state index contributed by atoms with van der Waals surface area (Å²) in [6, 6.07) is 14.9. The third-order valence-electron chi connectivity index (χ3n) is 3.22. The fourth-order valence-corrected chi connectivity index (χ4v) is 2.16. The fourth-order valence-electron chi connectivity index (χ4n) is 2.16. The van der Waals surface area contributed by atoms with Crippen LogP contribution in [0.25, 0.3) is 10.8 Å². The number of pyridine rings is 1. The van der Waals surface area contributed by atoms with E-state index in [0.29, 0.717) is 12.2 Å². The average Bonchev–Trinajstić information content (AvgIpc) is 2.49. The molecule has 0 amide bonds. The molecule has 3 aromatic rings. The second-order valence-corrected chi connectivity index (χ2v) is 4.78. The van der Waals surface area contributed by atoms with Gasteiger partial charge in [-0.05, 0) is 47.2 Å². The van der Waals surface area contributed by atoms with E-state index in [4.69, 9.17) is 5.73 Å². The van der Waals surface area contributed by atoms with Crippen LogP contribution in [0.4, 0.5) is 11.5 Å². The first-order valence-electron chi connectivity index (χ1n) is 6.63. The minimum absolute atomic E-state index is 0.239. The third kappa shape index (κ3) is 3.04. The maximum atomic E-state index is 10.1. The third-order valence-corrected chi connectivity index (χ3v) is 3.22. The van der Waals surface area contributed by atoms with Crippen LogP contribution in [0.15, 0.2) is 54.7 Å². The number of phenolic OH excluding ortho intramolecular Hbond substituents is 1. The summed E-state index contributed by atoms with van der Waals surface area (Å²) in [5, 5.41) is 12.0. The number of benzene rings is 2. The average molecular weight is 280 g/mol.